The van der Waals surface area contributed by atoms with E-state index in [9.17, 15) is 19.7 Å². The Bertz CT molecular complexity index is 744. The lowest BCUT2D eigenvalue weighted by Crippen LogP contribution is -2.37. The number of hydrogen-bond acceptors (Lipinski definition) is 6. The SMILES string of the molecule is C[C@@H](OC(=O)c1ccc([N+](=O)[O-])s1)C(=O)N(C)Cc1ccccc1. The number of likely N-dealkylation sites (N-methyl/N-ethyl adjacent to an activating group) is 1. The summed E-state index contributed by atoms with van der Waals surface area (Å²) in [6, 6.07) is 12.0. The molecule has 8 heteroatoms. The van der Waals surface area contributed by atoms with E-state index in [4.69, 9.17) is 4.74 Å². The highest BCUT2D eigenvalue weighted by Gasteiger charge is 2.24. The molecular formula is C16H16N2O5S. The van der Waals surface area contributed by atoms with Crippen molar-refractivity contribution in [2.75, 3.05) is 7.05 Å². The maximum absolute atomic E-state index is 12.3. The van der Waals surface area contributed by atoms with Gasteiger partial charge in [0, 0.05) is 19.7 Å². The molecular weight excluding hydrogens is 332 g/mol. The minimum Gasteiger partial charge on any atom is -0.448 e. The van der Waals surface area contributed by atoms with Crippen molar-refractivity contribution < 1.29 is 19.2 Å². The molecule has 1 aromatic carbocycles. The molecule has 0 N–H and O–H groups in total. The summed E-state index contributed by atoms with van der Waals surface area (Å²) in [5, 5.41) is 10.5. The van der Waals surface area contributed by atoms with Crippen LogP contribution in [0.4, 0.5) is 5.00 Å². The molecule has 0 radical (unpaired) electrons. The summed E-state index contributed by atoms with van der Waals surface area (Å²) >= 11 is 0.715. The zero-order valence-electron chi connectivity index (χ0n) is 13.2. The molecule has 126 valence electrons. The van der Waals surface area contributed by atoms with Gasteiger partial charge in [-0.2, -0.15) is 0 Å². The van der Waals surface area contributed by atoms with Crippen molar-refractivity contribution in [2.45, 2.75) is 19.6 Å². The molecule has 1 amide bonds. The van der Waals surface area contributed by atoms with Crippen LogP contribution in [-0.4, -0.2) is 34.9 Å². The second-order valence-corrected chi connectivity index (χ2v) is 6.18. The van der Waals surface area contributed by atoms with E-state index in [1.165, 1.54) is 24.0 Å². The highest BCUT2D eigenvalue weighted by Crippen LogP contribution is 2.24. The van der Waals surface area contributed by atoms with Gasteiger partial charge in [-0.25, -0.2) is 4.79 Å². The van der Waals surface area contributed by atoms with Crippen LogP contribution in [0.15, 0.2) is 42.5 Å². The normalized spacial score (nSPS) is 11.6. The van der Waals surface area contributed by atoms with Crippen LogP contribution in [0.1, 0.15) is 22.2 Å². The fourth-order valence-corrected chi connectivity index (χ4v) is 2.75. The smallest absolute Gasteiger partial charge is 0.349 e. The third kappa shape index (κ3) is 4.39. The molecule has 24 heavy (non-hydrogen) atoms. The fraction of sp³-hybridized carbons (Fsp3) is 0.250. The Morgan fingerprint density at radius 2 is 1.92 bits per heavy atom. The van der Waals surface area contributed by atoms with Gasteiger partial charge in [0.25, 0.3) is 5.91 Å². The van der Waals surface area contributed by atoms with Gasteiger partial charge < -0.3 is 9.64 Å². The van der Waals surface area contributed by atoms with Gasteiger partial charge in [0.15, 0.2) is 6.10 Å². The molecule has 0 bridgehead atoms. The van der Waals surface area contributed by atoms with Crippen molar-refractivity contribution in [3.8, 4) is 0 Å². The molecule has 0 saturated heterocycles. The Balaban J connectivity index is 1.94. The van der Waals surface area contributed by atoms with Crippen LogP contribution in [-0.2, 0) is 16.1 Å². The number of benzene rings is 1. The summed E-state index contributed by atoms with van der Waals surface area (Å²) in [6.07, 6.45) is -0.979. The molecule has 1 atom stereocenters. The summed E-state index contributed by atoms with van der Waals surface area (Å²) in [7, 11) is 1.62. The summed E-state index contributed by atoms with van der Waals surface area (Å²) in [5.74, 6) is -1.10. The summed E-state index contributed by atoms with van der Waals surface area (Å²) in [6.45, 7) is 1.87. The largest absolute Gasteiger partial charge is 0.448 e. The van der Waals surface area contributed by atoms with Crippen LogP contribution >= 0.6 is 11.3 Å². The number of hydrogen-bond donors (Lipinski definition) is 0. The third-order valence-corrected chi connectivity index (χ3v) is 4.26. The van der Waals surface area contributed by atoms with E-state index in [0.717, 1.165) is 5.56 Å². The van der Waals surface area contributed by atoms with Gasteiger partial charge in [-0.05, 0) is 18.6 Å². The second-order valence-electron chi connectivity index (χ2n) is 5.12. The van der Waals surface area contributed by atoms with Gasteiger partial charge in [-0.1, -0.05) is 41.7 Å². The molecule has 0 aliphatic rings. The minimum absolute atomic E-state index is 0.0899. The van der Waals surface area contributed by atoms with Crippen LogP contribution in [0.3, 0.4) is 0 Å². The summed E-state index contributed by atoms with van der Waals surface area (Å²) in [4.78, 5) is 35.8. The number of thiophene rings is 1. The molecule has 0 aliphatic carbocycles. The number of amides is 1. The molecule has 0 spiro atoms. The predicted molar refractivity (Wildman–Crippen MR) is 88.8 cm³/mol. The molecule has 1 heterocycles. The number of nitro groups is 1. The minimum atomic E-state index is -0.979. The first-order valence-electron chi connectivity index (χ1n) is 7.12. The van der Waals surface area contributed by atoms with Crippen LogP contribution in [0.25, 0.3) is 0 Å². The van der Waals surface area contributed by atoms with Gasteiger partial charge >= 0.3 is 11.0 Å². The van der Waals surface area contributed by atoms with Crippen molar-refractivity contribution in [1.29, 1.82) is 0 Å². The zero-order chi connectivity index (χ0) is 17.7. The van der Waals surface area contributed by atoms with E-state index < -0.39 is 17.0 Å². The maximum Gasteiger partial charge on any atom is 0.349 e. The van der Waals surface area contributed by atoms with Crippen molar-refractivity contribution >= 4 is 28.2 Å². The van der Waals surface area contributed by atoms with Gasteiger partial charge in [-0.15, -0.1) is 0 Å². The molecule has 2 rings (SSSR count). The highest BCUT2D eigenvalue weighted by atomic mass is 32.1. The van der Waals surface area contributed by atoms with Gasteiger partial charge in [-0.3, -0.25) is 14.9 Å². The number of esters is 1. The molecule has 7 nitrogen and oxygen atoms in total. The zero-order valence-corrected chi connectivity index (χ0v) is 14.0. The van der Waals surface area contributed by atoms with Crippen LogP contribution in [0, 0.1) is 10.1 Å². The van der Waals surface area contributed by atoms with Crippen LogP contribution < -0.4 is 0 Å². The first-order valence-corrected chi connectivity index (χ1v) is 7.94. The Morgan fingerprint density at radius 3 is 2.50 bits per heavy atom. The van der Waals surface area contributed by atoms with Crippen LogP contribution in [0.5, 0.6) is 0 Å². The van der Waals surface area contributed by atoms with Crippen LogP contribution in [0.2, 0.25) is 0 Å². The average Bonchev–Trinajstić information content (AvgIpc) is 3.05. The van der Waals surface area contributed by atoms with Crippen molar-refractivity contribution in [3.63, 3.8) is 0 Å². The van der Waals surface area contributed by atoms with E-state index in [1.807, 2.05) is 30.3 Å². The number of carbonyl (C=O) groups is 2. The quantitative estimate of drug-likeness (QED) is 0.455. The first kappa shape index (κ1) is 17.6. The fourth-order valence-electron chi connectivity index (χ4n) is 2.05. The monoisotopic (exact) mass is 348 g/mol. The van der Waals surface area contributed by atoms with E-state index in [1.54, 1.807) is 7.05 Å². The molecule has 0 saturated carbocycles. The number of carbonyl (C=O) groups excluding carboxylic acids is 2. The van der Waals surface area contributed by atoms with E-state index in [2.05, 4.69) is 0 Å². The maximum atomic E-state index is 12.3. The lowest BCUT2D eigenvalue weighted by molar-refractivity contribution is -0.380. The number of nitrogens with zero attached hydrogens (tertiary/aromatic N) is 2. The van der Waals surface area contributed by atoms with E-state index >= 15 is 0 Å². The number of rotatable bonds is 6. The predicted octanol–water partition coefficient (Wildman–Crippen LogP) is 2.86. The molecule has 0 aliphatic heterocycles. The third-order valence-electron chi connectivity index (χ3n) is 3.24. The lowest BCUT2D eigenvalue weighted by Gasteiger charge is -2.21. The second kappa shape index (κ2) is 7.69. The van der Waals surface area contributed by atoms with Crippen molar-refractivity contribution in [1.82, 2.24) is 4.90 Å². The van der Waals surface area contributed by atoms with Crippen molar-refractivity contribution in [2.24, 2.45) is 0 Å². The van der Waals surface area contributed by atoms with Gasteiger partial charge in [0.2, 0.25) is 0 Å². The Labute approximate surface area is 142 Å². The standard InChI is InChI=1S/C16H16N2O5S/c1-11(15(19)17(2)10-12-6-4-3-5-7-12)23-16(20)13-8-9-14(24-13)18(21)22/h3-9,11H,10H2,1-2H3/t11-/m1/s1. The number of ether oxygens (including phenoxy) is 1. The van der Waals surface area contributed by atoms with E-state index in [-0.39, 0.29) is 15.8 Å². The van der Waals surface area contributed by atoms with E-state index in [0.29, 0.717) is 17.9 Å². The Hall–Kier alpha value is -2.74. The summed E-state index contributed by atoms with van der Waals surface area (Å²) in [5.41, 5.74) is 0.959. The molecule has 2 aromatic rings. The van der Waals surface area contributed by atoms with Gasteiger partial charge in [0.1, 0.15) is 4.88 Å². The Morgan fingerprint density at radius 1 is 1.25 bits per heavy atom. The summed E-state index contributed by atoms with van der Waals surface area (Å²) < 4.78 is 5.11. The topological polar surface area (TPSA) is 89.7 Å². The molecule has 1 aromatic heterocycles. The molecule has 0 unspecified atom stereocenters. The average molecular weight is 348 g/mol. The highest BCUT2D eigenvalue weighted by molar-refractivity contribution is 7.17. The lowest BCUT2D eigenvalue weighted by atomic mass is 10.2. The molecule has 0 fully saturated rings. The first-order chi connectivity index (χ1) is 11.4. The van der Waals surface area contributed by atoms with Crippen molar-refractivity contribution in [3.05, 3.63) is 63.0 Å². The van der Waals surface area contributed by atoms with Gasteiger partial charge in [0.05, 0.1) is 4.92 Å². The Kier molecular flexibility index (Phi) is 5.64.